The zero-order valence-electron chi connectivity index (χ0n) is 11.3. The van der Waals surface area contributed by atoms with Crippen molar-refractivity contribution in [2.75, 3.05) is 20.3 Å². The number of nitrogens with one attached hydrogen (secondary N) is 2. The molecule has 1 aliphatic heterocycles. The molecule has 1 saturated heterocycles. The third-order valence-corrected chi connectivity index (χ3v) is 3.25. The lowest BCUT2D eigenvalue weighted by atomic mass is 9.77. The highest BCUT2D eigenvalue weighted by Gasteiger charge is 2.38. The molecular weight excluding hydrogens is 218 g/mol. The van der Waals surface area contributed by atoms with Crippen LogP contribution in [0.2, 0.25) is 0 Å². The van der Waals surface area contributed by atoms with E-state index in [-0.39, 0.29) is 23.3 Å². The summed E-state index contributed by atoms with van der Waals surface area (Å²) < 4.78 is 4.91. The van der Waals surface area contributed by atoms with E-state index in [1.807, 2.05) is 0 Å². The molecule has 1 fully saturated rings. The minimum atomic E-state index is -0.198. The zero-order valence-corrected chi connectivity index (χ0v) is 11.3. The van der Waals surface area contributed by atoms with Gasteiger partial charge in [-0.1, -0.05) is 27.7 Å². The first-order valence-corrected chi connectivity index (χ1v) is 5.97. The van der Waals surface area contributed by atoms with E-state index in [2.05, 4.69) is 43.3 Å². The minimum Gasteiger partial charge on any atom is -0.383 e. The van der Waals surface area contributed by atoms with Crippen LogP contribution in [-0.2, 0) is 9.53 Å². The molecule has 0 aromatic rings. The SMILES string of the molecule is COCCN=C1NC(=O)C(C(C)C(C)(C)C)N1. The highest BCUT2D eigenvalue weighted by Crippen LogP contribution is 2.29. The Hall–Kier alpha value is -1.10. The number of carbonyl (C=O) groups is 1. The van der Waals surface area contributed by atoms with Crippen LogP contribution in [0.1, 0.15) is 27.7 Å². The lowest BCUT2D eigenvalue weighted by Crippen LogP contribution is -2.41. The van der Waals surface area contributed by atoms with Crippen LogP contribution in [0.3, 0.4) is 0 Å². The first-order valence-electron chi connectivity index (χ1n) is 5.97. The van der Waals surface area contributed by atoms with Gasteiger partial charge in [-0.25, -0.2) is 0 Å². The van der Waals surface area contributed by atoms with Crippen LogP contribution in [0.5, 0.6) is 0 Å². The van der Waals surface area contributed by atoms with E-state index in [4.69, 9.17) is 4.74 Å². The molecule has 1 heterocycles. The molecule has 0 bridgehead atoms. The molecule has 1 aliphatic rings. The van der Waals surface area contributed by atoms with Gasteiger partial charge in [-0.05, 0) is 11.3 Å². The maximum absolute atomic E-state index is 11.8. The fourth-order valence-corrected chi connectivity index (χ4v) is 1.63. The Balaban J connectivity index is 2.61. The Morgan fingerprint density at radius 2 is 2.12 bits per heavy atom. The average Bonchev–Trinajstić information content (AvgIpc) is 2.57. The normalized spacial score (nSPS) is 24.6. The summed E-state index contributed by atoms with van der Waals surface area (Å²) in [4.78, 5) is 16.0. The molecule has 0 radical (unpaired) electrons. The maximum Gasteiger partial charge on any atom is 0.249 e. The number of hydrogen-bond acceptors (Lipinski definition) is 3. The summed E-state index contributed by atoms with van der Waals surface area (Å²) in [7, 11) is 1.63. The molecule has 2 unspecified atom stereocenters. The van der Waals surface area contributed by atoms with E-state index in [1.54, 1.807) is 7.11 Å². The lowest BCUT2D eigenvalue weighted by Gasteiger charge is -2.30. The Morgan fingerprint density at radius 1 is 1.47 bits per heavy atom. The highest BCUT2D eigenvalue weighted by molar-refractivity contribution is 6.06. The second-order valence-electron chi connectivity index (χ2n) is 5.49. The van der Waals surface area contributed by atoms with Crippen molar-refractivity contribution >= 4 is 11.9 Å². The molecule has 0 aliphatic carbocycles. The molecule has 1 rings (SSSR count). The van der Waals surface area contributed by atoms with Gasteiger partial charge in [0.25, 0.3) is 0 Å². The number of guanidine groups is 1. The van der Waals surface area contributed by atoms with Gasteiger partial charge < -0.3 is 10.1 Å². The van der Waals surface area contributed by atoms with Gasteiger partial charge in [0.2, 0.25) is 5.91 Å². The molecule has 2 N–H and O–H groups in total. The topological polar surface area (TPSA) is 62.7 Å². The highest BCUT2D eigenvalue weighted by atomic mass is 16.5. The van der Waals surface area contributed by atoms with Gasteiger partial charge in [-0.2, -0.15) is 0 Å². The Morgan fingerprint density at radius 3 is 2.65 bits per heavy atom. The first kappa shape index (κ1) is 14.0. The summed E-state index contributed by atoms with van der Waals surface area (Å²) in [5.41, 5.74) is 0.0803. The van der Waals surface area contributed by atoms with Crippen molar-refractivity contribution in [1.82, 2.24) is 10.6 Å². The number of nitrogens with zero attached hydrogens (tertiary/aromatic N) is 1. The fraction of sp³-hybridized carbons (Fsp3) is 0.833. The van der Waals surface area contributed by atoms with E-state index in [0.29, 0.717) is 19.1 Å². The van der Waals surface area contributed by atoms with Crippen molar-refractivity contribution in [3.8, 4) is 0 Å². The van der Waals surface area contributed by atoms with Crippen molar-refractivity contribution in [3.63, 3.8) is 0 Å². The summed E-state index contributed by atoms with van der Waals surface area (Å²) in [5, 5.41) is 5.90. The van der Waals surface area contributed by atoms with Gasteiger partial charge in [-0.3, -0.25) is 15.1 Å². The number of carbonyl (C=O) groups excluding carboxylic acids is 1. The van der Waals surface area contributed by atoms with Gasteiger partial charge in [0, 0.05) is 7.11 Å². The summed E-state index contributed by atoms with van der Waals surface area (Å²) in [6.45, 7) is 9.58. The molecule has 1 amide bonds. The van der Waals surface area contributed by atoms with Crippen molar-refractivity contribution in [3.05, 3.63) is 0 Å². The molecule has 0 aromatic heterocycles. The van der Waals surface area contributed by atoms with Gasteiger partial charge in [-0.15, -0.1) is 0 Å². The van der Waals surface area contributed by atoms with E-state index in [9.17, 15) is 4.79 Å². The van der Waals surface area contributed by atoms with E-state index in [0.717, 1.165) is 0 Å². The van der Waals surface area contributed by atoms with Crippen molar-refractivity contribution in [1.29, 1.82) is 0 Å². The molecule has 5 heteroatoms. The van der Waals surface area contributed by atoms with Crippen LogP contribution in [-0.4, -0.2) is 38.2 Å². The standard InChI is InChI=1S/C12H23N3O2/c1-8(12(2,3)4)9-10(16)15-11(14-9)13-6-7-17-5/h8-9H,6-7H2,1-5H3,(H2,13,14,15,16). The van der Waals surface area contributed by atoms with Crippen LogP contribution >= 0.6 is 0 Å². The van der Waals surface area contributed by atoms with Crippen molar-refractivity contribution in [2.24, 2.45) is 16.3 Å². The zero-order chi connectivity index (χ0) is 13.1. The Bertz CT molecular complexity index is 307. The number of methoxy groups -OCH3 is 1. The largest absolute Gasteiger partial charge is 0.383 e. The average molecular weight is 241 g/mol. The lowest BCUT2D eigenvalue weighted by molar-refractivity contribution is -0.122. The number of hydrogen-bond donors (Lipinski definition) is 2. The molecule has 5 nitrogen and oxygen atoms in total. The first-order chi connectivity index (χ1) is 7.86. The second kappa shape index (κ2) is 5.49. The molecule has 0 spiro atoms. The number of aliphatic imine (C=N–C) groups is 1. The van der Waals surface area contributed by atoms with Crippen molar-refractivity contribution < 1.29 is 9.53 Å². The quantitative estimate of drug-likeness (QED) is 0.714. The van der Waals surface area contributed by atoms with E-state index < -0.39 is 0 Å². The third kappa shape index (κ3) is 3.70. The molecule has 17 heavy (non-hydrogen) atoms. The second-order valence-corrected chi connectivity index (χ2v) is 5.49. The van der Waals surface area contributed by atoms with Crippen LogP contribution in [0, 0.1) is 11.3 Å². The van der Waals surface area contributed by atoms with Crippen LogP contribution in [0.4, 0.5) is 0 Å². The molecular formula is C12H23N3O2. The fourth-order valence-electron chi connectivity index (χ4n) is 1.63. The summed E-state index contributed by atoms with van der Waals surface area (Å²) >= 11 is 0. The molecule has 0 aromatic carbocycles. The molecule has 98 valence electrons. The summed E-state index contributed by atoms with van der Waals surface area (Å²) in [5.74, 6) is 0.800. The Kier molecular flexibility index (Phi) is 4.51. The molecule has 2 atom stereocenters. The predicted octanol–water partition coefficient (Wildman–Crippen LogP) is 0.759. The molecule has 0 saturated carbocycles. The van der Waals surface area contributed by atoms with Gasteiger partial charge in [0.1, 0.15) is 6.04 Å². The van der Waals surface area contributed by atoms with Crippen LogP contribution in [0.25, 0.3) is 0 Å². The van der Waals surface area contributed by atoms with Gasteiger partial charge in [0.15, 0.2) is 5.96 Å². The van der Waals surface area contributed by atoms with Crippen molar-refractivity contribution in [2.45, 2.75) is 33.7 Å². The number of amides is 1. The maximum atomic E-state index is 11.8. The third-order valence-electron chi connectivity index (χ3n) is 3.25. The van der Waals surface area contributed by atoms with Crippen LogP contribution < -0.4 is 10.6 Å². The Labute approximate surface area is 103 Å². The van der Waals surface area contributed by atoms with E-state index in [1.165, 1.54) is 0 Å². The summed E-state index contributed by atoms with van der Waals surface area (Å²) in [6, 6.07) is -0.198. The monoisotopic (exact) mass is 241 g/mol. The van der Waals surface area contributed by atoms with Gasteiger partial charge >= 0.3 is 0 Å². The minimum absolute atomic E-state index is 0.00333. The van der Waals surface area contributed by atoms with Crippen LogP contribution in [0.15, 0.2) is 4.99 Å². The number of ether oxygens (including phenoxy) is 1. The predicted molar refractivity (Wildman–Crippen MR) is 67.9 cm³/mol. The summed E-state index contributed by atoms with van der Waals surface area (Å²) in [6.07, 6.45) is 0. The number of rotatable bonds is 4. The van der Waals surface area contributed by atoms with E-state index >= 15 is 0 Å². The van der Waals surface area contributed by atoms with Gasteiger partial charge in [0.05, 0.1) is 13.2 Å². The smallest absolute Gasteiger partial charge is 0.249 e.